The molecule has 5 nitrogen and oxygen atoms in total. The molecule has 0 aliphatic rings. The third-order valence-corrected chi connectivity index (χ3v) is 5.91. The van der Waals surface area contributed by atoms with E-state index in [9.17, 15) is 18.4 Å². The average molecular weight is 568 g/mol. The summed E-state index contributed by atoms with van der Waals surface area (Å²) in [5, 5.41) is 4.50. The summed E-state index contributed by atoms with van der Waals surface area (Å²) in [6.07, 6.45) is 0. The lowest BCUT2D eigenvalue weighted by atomic mass is 10.0. The lowest BCUT2D eigenvalue weighted by molar-refractivity contribution is 0.0959. The zero-order chi connectivity index (χ0) is 23.6. The summed E-state index contributed by atoms with van der Waals surface area (Å²) in [5.74, 6) is -2.04. The van der Waals surface area contributed by atoms with Crippen molar-refractivity contribution in [2.24, 2.45) is 0 Å². The first-order valence-corrected chi connectivity index (χ1v) is 11.0. The summed E-state index contributed by atoms with van der Waals surface area (Å²) < 4.78 is 35.3. The van der Waals surface area contributed by atoms with Crippen LogP contribution < -0.4 is 15.4 Å². The smallest absolute Gasteiger partial charge is 0.326 e. The van der Waals surface area contributed by atoms with Crippen LogP contribution >= 0.6 is 31.9 Å². The molecule has 0 spiro atoms. The molecule has 3 aromatic rings. The van der Waals surface area contributed by atoms with Crippen molar-refractivity contribution in [2.75, 3.05) is 5.32 Å². The molecule has 0 radical (unpaired) electrons. The number of carbonyl (C=O) groups excluding carboxylic acids is 2. The molecule has 3 aromatic carbocycles. The van der Waals surface area contributed by atoms with E-state index in [0.29, 0.717) is 22.7 Å². The minimum Gasteiger partial charge on any atom is -0.456 e. The van der Waals surface area contributed by atoms with Crippen molar-refractivity contribution in [1.29, 1.82) is 0 Å². The Bertz CT molecular complexity index is 1210. The second kappa shape index (κ2) is 9.79. The van der Waals surface area contributed by atoms with Crippen LogP contribution in [0.4, 0.5) is 19.3 Å². The Balaban J connectivity index is 1.80. The van der Waals surface area contributed by atoms with Crippen molar-refractivity contribution >= 4 is 49.5 Å². The van der Waals surface area contributed by atoms with Crippen LogP contribution in [0.25, 0.3) is 0 Å². The van der Waals surface area contributed by atoms with Crippen LogP contribution in [0.2, 0.25) is 0 Å². The van der Waals surface area contributed by atoms with Gasteiger partial charge in [0, 0.05) is 10.2 Å². The summed E-state index contributed by atoms with van der Waals surface area (Å²) in [4.78, 5) is 24.5. The standard InChI is InChI=1S/C23H18Br2F2N2O3/c1-11-9-18(28-23(31)29-22(30)20-16(26)5-4-6-17(20)27)12(2)13(3)21(11)32-19-8-7-14(24)10-15(19)25/h4-10H,1-3H3,(H2,28,29,30,31). The molecule has 0 heterocycles. The molecule has 0 aliphatic carbocycles. The third kappa shape index (κ3) is 5.16. The number of nitrogens with one attached hydrogen (secondary N) is 2. The van der Waals surface area contributed by atoms with Gasteiger partial charge < -0.3 is 10.1 Å². The van der Waals surface area contributed by atoms with E-state index in [1.165, 1.54) is 0 Å². The topological polar surface area (TPSA) is 67.4 Å². The Labute approximate surface area is 200 Å². The number of anilines is 1. The van der Waals surface area contributed by atoms with E-state index in [1.54, 1.807) is 13.0 Å². The first-order valence-electron chi connectivity index (χ1n) is 9.38. The van der Waals surface area contributed by atoms with Crippen LogP contribution in [-0.2, 0) is 0 Å². The second-order valence-corrected chi connectivity index (χ2v) is 8.77. The monoisotopic (exact) mass is 566 g/mol. The Morgan fingerprint density at radius 3 is 2.22 bits per heavy atom. The quantitative estimate of drug-likeness (QED) is 0.351. The van der Waals surface area contributed by atoms with Crippen molar-refractivity contribution in [1.82, 2.24) is 5.32 Å². The van der Waals surface area contributed by atoms with Gasteiger partial charge in [-0.2, -0.15) is 0 Å². The fourth-order valence-corrected chi connectivity index (χ4v) is 4.18. The Kier molecular flexibility index (Phi) is 7.30. The molecule has 32 heavy (non-hydrogen) atoms. The van der Waals surface area contributed by atoms with E-state index in [2.05, 4.69) is 37.2 Å². The van der Waals surface area contributed by atoms with Gasteiger partial charge in [-0.3, -0.25) is 10.1 Å². The lowest BCUT2D eigenvalue weighted by Crippen LogP contribution is -2.35. The average Bonchev–Trinajstić information content (AvgIpc) is 2.70. The summed E-state index contributed by atoms with van der Waals surface area (Å²) in [5.41, 5.74) is 1.84. The van der Waals surface area contributed by atoms with E-state index in [0.717, 1.165) is 38.3 Å². The molecule has 9 heteroatoms. The van der Waals surface area contributed by atoms with Gasteiger partial charge in [-0.1, -0.05) is 22.0 Å². The Hall–Kier alpha value is -2.78. The number of ether oxygens (including phenoxy) is 1. The molecule has 2 N–H and O–H groups in total. The minimum atomic E-state index is -1.18. The summed E-state index contributed by atoms with van der Waals surface area (Å²) in [7, 11) is 0. The highest BCUT2D eigenvalue weighted by Gasteiger charge is 2.20. The molecule has 166 valence electrons. The molecule has 0 saturated heterocycles. The highest BCUT2D eigenvalue weighted by molar-refractivity contribution is 9.11. The molecule has 0 aliphatic heterocycles. The van der Waals surface area contributed by atoms with Crippen LogP contribution in [-0.4, -0.2) is 11.9 Å². The van der Waals surface area contributed by atoms with E-state index < -0.39 is 29.1 Å². The number of aryl methyl sites for hydroxylation is 1. The van der Waals surface area contributed by atoms with Crippen LogP contribution in [0.3, 0.4) is 0 Å². The number of hydrogen-bond acceptors (Lipinski definition) is 3. The normalized spacial score (nSPS) is 10.6. The van der Waals surface area contributed by atoms with Crippen molar-refractivity contribution in [3.8, 4) is 11.5 Å². The molecule has 0 bridgehead atoms. The molecule has 0 aromatic heterocycles. The second-order valence-electron chi connectivity index (χ2n) is 7.00. The Morgan fingerprint density at radius 2 is 1.59 bits per heavy atom. The number of halogens is 4. The molecule has 0 fully saturated rings. The minimum absolute atomic E-state index is 0.432. The first kappa shape index (κ1) is 23.9. The first-order chi connectivity index (χ1) is 15.1. The molecular formula is C23H18Br2F2N2O3. The maximum Gasteiger partial charge on any atom is 0.326 e. The van der Waals surface area contributed by atoms with E-state index in [1.807, 2.05) is 37.4 Å². The van der Waals surface area contributed by atoms with Gasteiger partial charge in [0.2, 0.25) is 0 Å². The van der Waals surface area contributed by atoms with Crippen molar-refractivity contribution in [2.45, 2.75) is 20.8 Å². The zero-order valence-electron chi connectivity index (χ0n) is 17.3. The molecule has 3 amide bonds. The van der Waals surface area contributed by atoms with Crippen molar-refractivity contribution in [3.63, 3.8) is 0 Å². The van der Waals surface area contributed by atoms with Gasteiger partial charge in [0.05, 0.1) is 4.47 Å². The molecular weight excluding hydrogens is 550 g/mol. The third-order valence-electron chi connectivity index (χ3n) is 4.80. The molecule has 0 atom stereocenters. The highest BCUT2D eigenvalue weighted by Crippen LogP contribution is 2.38. The highest BCUT2D eigenvalue weighted by atomic mass is 79.9. The predicted molar refractivity (Wildman–Crippen MR) is 125 cm³/mol. The van der Waals surface area contributed by atoms with Crippen molar-refractivity contribution in [3.05, 3.63) is 85.3 Å². The number of hydrogen-bond donors (Lipinski definition) is 2. The van der Waals surface area contributed by atoms with Gasteiger partial charge >= 0.3 is 6.03 Å². The molecule has 0 saturated carbocycles. The summed E-state index contributed by atoms with van der Waals surface area (Å²) >= 11 is 6.86. The van der Waals surface area contributed by atoms with Crippen LogP contribution in [0.1, 0.15) is 27.0 Å². The maximum absolute atomic E-state index is 13.8. The SMILES string of the molecule is Cc1cc(NC(=O)NC(=O)c2c(F)cccc2F)c(C)c(C)c1Oc1ccc(Br)cc1Br. The maximum atomic E-state index is 13.8. The van der Waals surface area contributed by atoms with E-state index >= 15 is 0 Å². The van der Waals surface area contributed by atoms with Gasteiger partial charge in [-0.25, -0.2) is 13.6 Å². The number of rotatable bonds is 4. The summed E-state index contributed by atoms with van der Waals surface area (Å²) in [6, 6.07) is 9.32. The van der Waals surface area contributed by atoms with Crippen LogP contribution in [0, 0.1) is 32.4 Å². The van der Waals surface area contributed by atoms with Gasteiger partial charge in [-0.05, 0) is 89.8 Å². The molecule has 3 rings (SSSR count). The van der Waals surface area contributed by atoms with Crippen LogP contribution in [0.15, 0.2) is 51.4 Å². The zero-order valence-corrected chi connectivity index (χ0v) is 20.5. The lowest BCUT2D eigenvalue weighted by Gasteiger charge is -2.18. The van der Waals surface area contributed by atoms with Gasteiger partial charge in [0.15, 0.2) is 0 Å². The predicted octanol–water partition coefficient (Wildman–Crippen LogP) is 7.17. The van der Waals surface area contributed by atoms with E-state index in [-0.39, 0.29) is 0 Å². The largest absolute Gasteiger partial charge is 0.456 e. The summed E-state index contributed by atoms with van der Waals surface area (Å²) in [6.45, 7) is 5.44. The number of benzene rings is 3. The number of urea groups is 1. The Morgan fingerprint density at radius 1 is 0.938 bits per heavy atom. The van der Waals surface area contributed by atoms with Crippen LogP contribution in [0.5, 0.6) is 11.5 Å². The van der Waals surface area contributed by atoms with Gasteiger partial charge in [-0.15, -0.1) is 0 Å². The van der Waals surface area contributed by atoms with Gasteiger partial charge in [0.25, 0.3) is 5.91 Å². The fourth-order valence-electron chi connectivity index (χ4n) is 3.05. The van der Waals surface area contributed by atoms with Crippen molar-refractivity contribution < 1.29 is 23.1 Å². The number of carbonyl (C=O) groups is 2. The number of amides is 3. The van der Waals surface area contributed by atoms with Gasteiger partial charge in [0.1, 0.15) is 28.7 Å². The van der Waals surface area contributed by atoms with E-state index in [4.69, 9.17) is 4.74 Å². The molecule has 0 unspecified atom stereocenters. The fraction of sp³-hybridized carbons (Fsp3) is 0.130. The number of imide groups is 1.